The molecule has 0 fully saturated rings. The zero-order valence-corrected chi connectivity index (χ0v) is 24.8. The zero-order chi connectivity index (χ0) is 29.2. The number of aromatic nitrogens is 1. The van der Waals surface area contributed by atoms with Crippen LogP contribution in [-0.2, 0) is 0 Å². The number of hydrazone groups is 1. The number of hydrogen-bond acceptors (Lipinski definition) is 4. The molecule has 0 bridgehead atoms. The Bertz CT molecular complexity index is 2020. The van der Waals surface area contributed by atoms with E-state index in [1.54, 1.807) is 48.5 Å². The summed E-state index contributed by atoms with van der Waals surface area (Å²) in [5.74, 6) is -0.747. The van der Waals surface area contributed by atoms with Crippen LogP contribution < -0.4 is 10.2 Å². The Morgan fingerprint density at radius 3 is 2.43 bits per heavy atom. The minimum atomic E-state index is -0.553. The molecule has 206 valence electrons. The van der Waals surface area contributed by atoms with Crippen molar-refractivity contribution in [1.82, 2.24) is 10.4 Å². The minimum Gasteiger partial charge on any atom is -0.422 e. The maximum Gasteiger partial charge on any atom is 0.343 e. The van der Waals surface area contributed by atoms with E-state index in [0.717, 1.165) is 31.7 Å². The van der Waals surface area contributed by atoms with Crippen molar-refractivity contribution in [3.05, 3.63) is 134 Å². The number of esters is 1. The van der Waals surface area contributed by atoms with Gasteiger partial charge in [-0.15, -0.1) is 0 Å². The number of fused-ring (bicyclic) bond motifs is 3. The van der Waals surface area contributed by atoms with E-state index in [2.05, 4.69) is 31.4 Å². The van der Waals surface area contributed by atoms with Gasteiger partial charge < -0.3 is 9.72 Å². The molecule has 0 aliphatic carbocycles. The van der Waals surface area contributed by atoms with Crippen molar-refractivity contribution in [2.24, 2.45) is 5.10 Å². The van der Waals surface area contributed by atoms with Gasteiger partial charge in [-0.3, -0.25) is 4.79 Å². The summed E-state index contributed by atoms with van der Waals surface area (Å²) in [6.45, 7) is 0. The monoisotopic (exact) mass is 655 g/mol. The van der Waals surface area contributed by atoms with Gasteiger partial charge in [0.2, 0.25) is 0 Å². The molecule has 9 heteroatoms. The molecule has 6 aromatic rings. The first kappa shape index (κ1) is 27.7. The second-order valence-corrected chi connectivity index (χ2v) is 11.1. The fraction of sp³-hybridized carbons (Fsp3) is 0. The SMILES string of the molecule is O=C(Oc1ccc(Br)cc1C=NNC(=O)c1[nH]c2c(ccc3ccccc32)c1-c1ccccc1Cl)c1ccc(Cl)cc1. The van der Waals surface area contributed by atoms with Crippen LogP contribution in [0.4, 0.5) is 0 Å². The fourth-order valence-corrected chi connectivity index (χ4v) is 5.46. The summed E-state index contributed by atoms with van der Waals surface area (Å²) in [6, 6.07) is 30.8. The molecule has 1 heterocycles. The van der Waals surface area contributed by atoms with Crippen LogP contribution in [0.15, 0.2) is 113 Å². The van der Waals surface area contributed by atoms with Crippen LogP contribution in [0.5, 0.6) is 5.75 Å². The molecule has 1 aromatic heterocycles. The first-order chi connectivity index (χ1) is 20.4. The molecule has 2 N–H and O–H groups in total. The summed E-state index contributed by atoms with van der Waals surface area (Å²) < 4.78 is 6.35. The van der Waals surface area contributed by atoms with Crippen LogP contribution in [0.3, 0.4) is 0 Å². The molecule has 6 rings (SSSR count). The molecule has 0 aliphatic rings. The van der Waals surface area contributed by atoms with E-state index >= 15 is 0 Å². The fourth-order valence-electron chi connectivity index (χ4n) is 4.72. The van der Waals surface area contributed by atoms with Crippen LogP contribution >= 0.6 is 39.1 Å². The third-order valence-electron chi connectivity index (χ3n) is 6.69. The number of ether oxygens (including phenoxy) is 1. The van der Waals surface area contributed by atoms with Crippen molar-refractivity contribution < 1.29 is 14.3 Å². The topological polar surface area (TPSA) is 83.5 Å². The van der Waals surface area contributed by atoms with Crippen molar-refractivity contribution in [3.8, 4) is 16.9 Å². The number of hydrogen-bond donors (Lipinski definition) is 2. The number of amides is 1. The van der Waals surface area contributed by atoms with Crippen molar-refractivity contribution >= 4 is 78.9 Å². The number of benzene rings is 5. The maximum atomic E-state index is 13.6. The van der Waals surface area contributed by atoms with Crippen molar-refractivity contribution in [2.75, 3.05) is 0 Å². The highest BCUT2D eigenvalue weighted by molar-refractivity contribution is 9.10. The van der Waals surface area contributed by atoms with E-state index in [1.807, 2.05) is 54.6 Å². The highest BCUT2D eigenvalue weighted by Gasteiger charge is 2.22. The van der Waals surface area contributed by atoms with Gasteiger partial charge in [-0.05, 0) is 53.9 Å². The van der Waals surface area contributed by atoms with Crippen LogP contribution in [0.1, 0.15) is 26.4 Å². The number of carbonyl (C=O) groups excluding carboxylic acids is 2. The van der Waals surface area contributed by atoms with E-state index in [-0.39, 0.29) is 5.75 Å². The molecule has 42 heavy (non-hydrogen) atoms. The predicted octanol–water partition coefficient (Wildman–Crippen LogP) is 9.04. The number of carbonyl (C=O) groups is 2. The zero-order valence-electron chi connectivity index (χ0n) is 21.7. The summed E-state index contributed by atoms with van der Waals surface area (Å²) >= 11 is 16.0. The van der Waals surface area contributed by atoms with Gasteiger partial charge in [-0.2, -0.15) is 5.10 Å². The Morgan fingerprint density at radius 2 is 1.62 bits per heavy atom. The summed E-state index contributed by atoms with van der Waals surface area (Å²) in [6.07, 6.45) is 1.42. The smallest absolute Gasteiger partial charge is 0.343 e. The standard InChI is InChI=1S/C33H20BrCl2N3O3/c34-22-12-16-28(42-33(41)20-9-13-23(35)14-10-20)21(17-22)18-37-39-32(40)31-29(25-7-3-4-8-27(25)36)26-15-11-19-5-1-2-6-24(19)30(26)38-31/h1-18,38H,(H,39,40). The van der Waals surface area contributed by atoms with Gasteiger partial charge in [0, 0.05) is 42.0 Å². The van der Waals surface area contributed by atoms with E-state index in [0.29, 0.717) is 32.4 Å². The van der Waals surface area contributed by atoms with Crippen LogP contribution in [0.25, 0.3) is 32.8 Å². The van der Waals surface area contributed by atoms with Gasteiger partial charge in [0.25, 0.3) is 5.91 Å². The third kappa shape index (κ3) is 5.54. The van der Waals surface area contributed by atoms with Gasteiger partial charge in [0.05, 0.1) is 17.3 Å². The molecular formula is C33H20BrCl2N3O3. The predicted molar refractivity (Wildman–Crippen MR) is 172 cm³/mol. The Labute approximate surface area is 259 Å². The van der Waals surface area contributed by atoms with Crippen molar-refractivity contribution in [2.45, 2.75) is 0 Å². The van der Waals surface area contributed by atoms with E-state index < -0.39 is 11.9 Å². The molecule has 0 atom stereocenters. The van der Waals surface area contributed by atoms with Gasteiger partial charge >= 0.3 is 5.97 Å². The average molecular weight is 657 g/mol. The highest BCUT2D eigenvalue weighted by Crippen LogP contribution is 2.39. The number of aromatic amines is 1. The quantitative estimate of drug-likeness (QED) is 0.0812. The van der Waals surface area contributed by atoms with Gasteiger partial charge in [-0.25, -0.2) is 10.2 Å². The summed E-state index contributed by atoms with van der Waals surface area (Å²) in [7, 11) is 0. The largest absolute Gasteiger partial charge is 0.422 e. The molecule has 1 amide bonds. The second-order valence-electron chi connectivity index (χ2n) is 9.34. The Kier molecular flexibility index (Phi) is 7.80. The molecule has 0 saturated heterocycles. The number of nitrogens with one attached hydrogen (secondary N) is 2. The summed E-state index contributed by atoms with van der Waals surface area (Å²) in [5, 5.41) is 8.10. The van der Waals surface area contributed by atoms with Crippen LogP contribution in [0.2, 0.25) is 10.0 Å². The third-order valence-corrected chi connectivity index (χ3v) is 7.77. The first-order valence-corrected chi connectivity index (χ1v) is 14.3. The number of rotatable bonds is 6. The molecule has 0 radical (unpaired) electrons. The van der Waals surface area contributed by atoms with Gasteiger partial charge in [0.15, 0.2) is 0 Å². The average Bonchev–Trinajstić information content (AvgIpc) is 3.39. The lowest BCUT2D eigenvalue weighted by Gasteiger charge is -2.09. The molecule has 0 spiro atoms. The number of H-pyrrole nitrogens is 1. The molecule has 0 saturated carbocycles. The first-order valence-electron chi connectivity index (χ1n) is 12.8. The van der Waals surface area contributed by atoms with Crippen LogP contribution in [-0.4, -0.2) is 23.1 Å². The minimum absolute atomic E-state index is 0.269. The number of halogens is 3. The molecule has 0 unspecified atom stereocenters. The lowest BCUT2D eigenvalue weighted by molar-refractivity contribution is 0.0734. The van der Waals surface area contributed by atoms with E-state index in [4.69, 9.17) is 27.9 Å². The maximum absolute atomic E-state index is 13.6. The Balaban J connectivity index is 1.33. The molecule has 5 aromatic carbocycles. The number of nitrogens with zero attached hydrogens (tertiary/aromatic N) is 1. The molecule has 6 nitrogen and oxygen atoms in total. The molecule has 0 aliphatic heterocycles. The summed E-state index contributed by atoms with van der Waals surface area (Å²) in [4.78, 5) is 29.6. The highest BCUT2D eigenvalue weighted by atomic mass is 79.9. The summed E-state index contributed by atoms with van der Waals surface area (Å²) in [5.41, 5.74) is 5.96. The normalized spacial score (nSPS) is 11.3. The Hall–Kier alpha value is -4.43. The van der Waals surface area contributed by atoms with E-state index in [9.17, 15) is 9.59 Å². The van der Waals surface area contributed by atoms with Crippen LogP contribution in [0, 0.1) is 0 Å². The van der Waals surface area contributed by atoms with Gasteiger partial charge in [-0.1, -0.05) is 93.7 Å². The Morgan fingerprint density at radius 1 is 0.857 bits per heavy atom. The van der Waals surface area contributed by atoms with Crippen molar-refractivity contribution in [3.63, 3.8) is 0 Å². The molecular weight excluding hydrogens is 637 g/mol. The lowest BCUT2D eigenvalue weighted by Crippen LogP contribution is -2.19. The lowest BCUT2D eigenvalue weighted by atomic mass is 9.99. The van der Waals surface area contributed by atoms with Crippen molar-refractivity contribution in [1.29, 1.82) is 0 Å². The second kappa shape index (κ2) is 11.8. The van der Waals surface area contributed by atoms with Gasteiger partial charge in [0.1, 0.15) is 11.4 Å². The van der Waals surface area contributed by atoms with E-state index in [1.165, 1.54) is 6.21 Å².